The third-order valence-electron chi connectivity index (χ3n) is 2.47. The van der Waals surface area contributed by atoms with E-state index in [1.54, 1.807) is 24.0 Å². The number of aryl methyl sites for hydroxylation is 1. The fourth-order valence-electron chi connectivity index (χ4n) is 1.70. The Morgan fingerprint density at radius 3 is 2.67 bits per heavy atom. The molecule has 0 aliphatic rings. The third-order valence-corrected chi connectivity index (χ3v) is 2.47. The second-order valence-corrected chi connectivity index (χ2v) is 3.41. The monoisotopic (exact) mass is 245 g/mol. The summed E-state index contributed by atoms with van der Waals surface area (Å²) in [4.78, 5) is 4.06. The zero-order chi connectivity index (χ0) is 13.1. The van der Waals surface area contributed by atoms with Crippen molar-refractivity contribution in [2.24, 2.45) is 0 Å². The predicted molar refractivity (Wildman–Crippen MR) is 68.7 cm³/mol. The lowest BCUT2D eigenvalue weighted by atomic mass is 10.2. The Labute approximate surface area is 105 Å². The maximum Gasteiger partial charge on any atom is 0.241 e. The van der Waals surface area contributed by atoms with Crippen molar-refractivity contribution >= 4 is 16.4 Å². The Bertz CT molecular complexity index is 677. The maximum absolute atomic E-state index is 5.23. The van der Waals surface area contributed by atoms with Gasteiger partial charge in [0, 0.05) is 17.8 Å². The average Bonchev–Trinajstić information content (AvgIpc) is 2.82. The number of aromatic nitrogens is 5. The molecule has 94 valence electrons. The molecule has 0 N–H and O–H groups in total. The first-order valence-corrected chi connectivity index (χ1v) is 5.81. The molecule has 0 bridgehead atoms. The van der Waals surface area contributed by atoms with Gasteiger partial charge < -0.3 is 4.74 Å². The molecule has 0 saturated heterocycles. The predicted octanol–water partition coefficient (Wildman–Crippen LogP) is 2.02. The molecule has 0 spiro atoms. The lowest BCUT2D eigenvalue weighted by molar-refractivity contribution is 0.395. The first-order chi connectivity index (χ1) is 8.81. The van der Waals surface area contributed by atoms with Gasteiger partial charge in [0.25, 0.3) is 0 Å². The van der Waals surface area contributed by atoms with Crippen molar-refractivity contribution in [3.63, 3.8) is 0 Å². The molecule has 3 aromatic rings. The number of hydrogen-bond acceptors (Lipinski definition) is 5. The van der Waals surface area contributed by atoms with E-state index in [4.69, 9.17) is 4.74 Å². The summed E-state index contributed by atoms with van der Waals surface area (Å²) in [5, 5.41) is 14.2. The fraction of sp³-hybridized carbons (Fsp3) is 0.333. The van der Waals surface area contributed by atoms with Crippen LogP contribution in [0.3, 0.4) is 0 Å². The van der Waals surface area contributed by atoms with Crippen LogP contribution in [-0.2, 0) is 0 Å². The van der Waals surface area contributed by atoms with Gasteiger partial charge in [-0.3, -0.25) is 4.98 Å². The lowest BCUT2D eigenvalue weighted by Crippen LogP contribution is -1.99. The van der Waals surface area contributed by atoms with E-state index in [-0.39, 0.29) is 0 Å². The van der Waals surface area contributed by atoms with Gasteiger partial charge in [0.1, 0.15) is 0 Å². The van der Waals surface area contributed by atoms with Crippen LogP contribution < -0.4 is 4.74 Å². The Morgan fingerprint density at radius 2 is 1.94 bits per heavy atom. The second kappa shape index (κ2) is 4.95. The highest BCUT2D eigenvalue weighted by atomic mass is 16.5. The minimum Gasteiger partial charge on any atom is -0.479 e. The highest BCUT2D eigenvalue weighted by Gasteiger charge is 2.11. The van der Waals surface area contributed by atoms with Gasteiger partial charge in [0.05, 0.1) is 12.5 Å². The molecule has 6 heteroatoms. The van der Waals surface area contributed by atoms with Crippen LogP contribution in [0.1, 0.15) is 19.7 Å². The molecule has 0 aliphatic heterocycles. The van der Waals surface area contributed by atoms with Gasteiger partial charge in [-0.1, -0.05) is 13.8 Å². The SMILES string of the molecule is CC.COc1nn2c(C)nnc2c2ccncc12. The molecule has 0 aliphatic carbocycles. The number of hydrogen-bond donors (Lipinski definition) is 0. The number of methoxy groups -OCH3 is 1. The summed E-state index contributed by atoms with van der Waals surface area (Å²) in [5.41, 5.74) is 0.718. The van der Waals surface area contributed by atoms with Crippen LogP contribution in [0, 0.1) is 6.92 Å². The van der Waals surface area contributed by atoms with E-state index in [0.29, 0.717) is 5.88 Å². The van der Waals surface area contributed by atoms with Crippen molar-refractivity contribution < 1.29 is 4.74 Å². The summed E-state index contributed by atoms with van der Waals surface area (Å²) in [6.07, 6.45) is 3.43. The minimum atomic E-state index is 0.526. The smallest absolute Gasteiger partial charge is 0.241 e. The minimum absolute atomic E-state index is 0.526. The van der Waals surface area contributed by atoms with Crippen molar-refractivity contribution in [1.29, 1.82) is 0 Å². The highest BCUT2D eigenvalue weighted by Crippen LogP contribution is 2.24. The summed E-state index contributed by atoms with van der Waals surface area (Å²) in [5.74, 6) is 1.26. The molecule has 0 atom stereocenters. The van der Waals surface area contributed by atoms with Gasteiger partial charge in [-0.2, -0.15) is 4.52 Å². The Hall–Kier alpha value is -2.24. The van der Waals surface area contributed by atoms with E-state index >= 15 is 0 Å². The molecule has 3 aromatic heterocycles. The quantitative estimate of drug-likeness (QED) is 0.656. The van der Waals surface area contributed by atoms with Crippen LogP contribution in [0.4, 0.5) is 0 Å². The molecule has 0 amide bonds. The summed E-state index contributed by atoms with van der Waals surface area (Å²) in [6.45, 7) is 5.85. The topological polar surface area (TPSA) is 65.2 Å². The molecule has 0 radical (unpaired) electrons. The molecule has 0 unspecified atom stereocenters. The zero-order valence-corrected chi connectivity index (χ0v) is 10.9. The number of fused-ring (bicyclic) bond motifs is 3. The van der Waals surface area contributed by atoms with Crippen LogP contribution in [0.15, 0.2) is 18.5 Å². The Morgan fingerprint density at radius 1 is 1.17 bits per heavy atom. The molecule has 3 heterocycles. The van der Waals surface area contributed by atoms with Crippen LogP contribution in [0.25, 0.3) is 16.4 Å². The van der Waals surface area contributed by atoms with Crippen LogP contribution in [0.5, 0.6) is 5.88 Å². The molecular formula is C12H15N5O. The average molecular weight is 245 g/mol. The first-order valence-electron chi connectivity index (χ1n) is 5.81. The van der Waals surface area contributed by atoms with Gasteiger partial charge in [-0.05, 0) is 13.0 Å². The van der Waals surface area contributed by atoms with Crippen molar-refractivity contribution in [1.82, 2.24) is 24.8 Å². The van der Waals surface area contributed by atoms with Crippen molar-refractivity contribution in [3.05, 3.63) is 24.3 Å². The number of ether oxygens (including phenoxy) is 1. The summed E-state index contributed by atoms with van der Waals surface area (Å²) < 4.78 is 6.90. The summed E-state index contributed by atoms with van der Waals surface area (Å²) >= 11 is 0. The number of pyridine rings is 1. The standard InChI is InChI=1S/C10H9N5O.C2H6/c1-6-12-13-9-7-3-4-11-5-8(7)10(16-2)14-15(6)9;1-2/h3-5H,1-2H3;1-2H3. The lowest BCUT2D eigenvalue weighted by Gasteiger charge is -2.04. The molecule has 3 rings (SSSR count). The van der Waals surface area contributed by atoms with E-state index in [9.17, 15) is 0 Å². The van der Waals surface area contributed by atoms with Gasteiger partial charge >= 0.3 is 0 Å². The molecule has 0 saturated carbocycles. The molecule has 0 aromatic carbocycles. The first kappa shape index (κ1) is 12.2. The summed E-state index contributed by atoms with van der Waals surface area (Å²) in [7, 11) is 1.58. The highest BCUT2D eigenvalue weighted by molar-refractivity contribution is 5.95. The van der Waals surface area contributed by atoms with Crippen molar-refractivity contribution in [2.75, 3.05) is 7.11 Å². The molecule has 18 heavy (non-hydrogen) atoms. The zero-order valence-electron chi connectivity index (χ0n) is 10.9. The fourth-order valence-corrected chi connectivity index (χ4v) is 1.70. The molecule has 0 fully saturated rings. The van der Waals surface area contributed by atoms with Gasteiger partial charge in [-0.25, -0.2) is 0 Å². The van der Waals surface area contributed by atoms with Crippen LogP contribution in [0.2, 0.25) is 0 Å². The Kier molecular flexibility index (Phi) is 3.36. The second-order valence-electron chi connectivity index (χ2n) is 3.41. The van der Waals surface area contributed by atoms with Crippen molar-refractivity contribution in [3.8, 4) is 5.88 Å². The maximum atomic E-state index is 5.23. The van der Waals surface area contributed by atoms with E-state index in [1.807, 2.05) is 26.8 Å². The van der Waals surface area contributed by atoms with E-state index in [1.165, 1.54) is 0 Å². The van der Waals surface area contributed by atoms with Crippen molar-refractivity contribution in [2.45, 2.75) is 20.8 Å². The Balaban J connectivity index is 0.000000574. The normalized spacial score (nSPS) is 10.2. The third kappa shape index (κ3) is 1.75. The largest absolute Gasteiger partial charge is 0.479 e. The van der Waals surface area contributed by atoms with Gasteiger partial charge in [0.15, 0.2) is 11.5 Å². The van der Waals surface area contributed by atoms with Gasteiger partial charge in [-0.15, -0.1) is 15.3 Å². The van der Waals surface area contributed by atoms with Crippen LogP contribution >= 0.6 is 0 Å². The van der Waals surface area contributed by atoms with Crippen LogP contribution in [-0.4, -0.2) is 31.9 Å². The molecule has 6 nitrogen and oxygen atoms in total. The summed E-state index contributed by atoms with van der Waals surface area (Å²) in [6, 6.07) is 1.88. The molecular weight excluding hydrogens is 230 g/mol. The number of rotatable bonds is 1. The van der Waals surface area contributed by atoms with E-state index < -0.39 is 0 Å². The number of nitrogens with zero attached hydrogens (tertiary/aromatic N) is 5. The van der Waals surface area contributed by atoms with E-state index in [0.717, 1.165) is 22.2 Å². The van der Waals surface area contributed by atoms with E-state index in [2.05, 4.69) is 20.3 Å². The van der Waals surface area contributed by atoms with Gasteiger partial charge in [0.2, 0.25) is 5.88 Å².